The van der Waals surface area contributed by atoms with Gasteiger partial charge in [-0.1, -0.05) is 29.2 Å². The number of hydrogen-bond acceptors (Lipinski definition) is 7. The van der Waals surface area contributed by atoms with Crippen LogP contribution < -0.4 is 5.32 Å². The molecule has 0 aliphatic rings. The number of carbonyl (C=O) groups excluding carboxylic acids is 1. The number of Topliss-reactive ketones (excluding diaryl/α,β-unsaturated/α-hetero) is 1. The molecule has 7 heteroatoms. The highest BCUT2D eigenvalue weighted by Crippen LogP contribution is 2.27. The standard InChI is InChI=1S/C18H19N3O2S2/c1-11-7-13(3)15(8-12(11)2)16(22)10-24-18-21-20-17(25-18)19-9-14-5-4-6-23-14/h4-8H,9-10H2,1-3H3,(H,19,20). The predicted molar refractivity (Wildman–Crippen MR) is 102 cm³/mol. The number of benzene rings is 1. The minimum absolute atomic E-state index is 0.117. The number of nitrogens with one attached hydrogen (secondary N) is 1. The largest absolute Gasteiger partial charge is 0.467 e. The summed E-state index contributed by atoms with van der Waals surface area (Å²) in [6, 6.07) is 7.78. The maximum absolute atomic E-state index is 12.5. The van der Waals surface area contributed by atoms with Gasteiger partial charge in [0.05, 0.1) is 18.6 Å². The van der Waals surface area contributed by atoms with Crippen LogP contribution in [0.3, 0.4) is 0 Å². The third-order valence-corrected chi connectivity index (χ3v) is 5.88. The lowest BCUT2D eigenvalue weighted by Crippen LogP contribution is -2.06. The lowest BCUT2D eigenvalue weighted by Gasteiger charge is -2.08. The van der Waals surface area contributed by atoms with E-state index >= 15 is 0 Å². The van der Waals surface area contributed by atoms with E-state index in [-0.39, 0.29) is 5.78 Å². The van der Waals surface area contributed by atoms with E-state index in [2.05, 4.69) is 28.5 Å². The molecule has 0 atom stereocenters. The number of ketones is 1. The first-order chi connectivity index (χ1) is 12.0. The van der Waals surface area contributed by atoms with Crippen LogP contribution in [0.25, 0.3) is 0 Å². The van der Waals surface area contributed by atoms with Crippen molar-refractivity contribution >= 4 is 34.0 Å². The highest BCUT2D eigenvalue weighted by Gasteiger charge is 2.13. The fourth-order valence-corrected chi connectivity index (χ4v) is 4.01. The van der Waals surface area contributed by atoms with Gasteiger partial charge in [-0.3, -0.25) is 4.79 Å². The van der Waals surface area contributed by atoms with E-state index < -0.39 is 0 Å². The number of furan rings is 1. The molecule has 130 valence electrons. The summed E-state index contributed by atoms with van der Waals surface area (Å²) in [5.41, 5.74) is 4.15. The molecule has 1 aromatic carbocycles. The van der Waals surface area contributed by atoms with Crippen molar-refractivity contribution in [2.45, 2.75) is 31.7 Å². The molecule has 0 fully saturated rings. The summed E-state index contributed by atoms with van der Waals surface area (Å²) in [6.45, 7) is 6.63. The smallest absolute Gasteiger partial charge is 0.206 e. The average Bonchev–Trinajstić information content (AvgIpc) is 3.25. The van der Waals surface area contributed by atoms with E-state index in [0.29, 0.717) is 17.4 Å². The van der Waals surface area contributed by atoms with Gasteiger partial charge in [0, 0.05) is 5.56 Å². The quantitative estimate of drug-likeness (QED) is 0.480. The number of rotatable bonds is 7. The average molecular weight is 374 g/mol. The van der Waals surface area contributed by atoms with Gasteiger partial charge >= 0.3 is 0 Å². The highest BCUT2D eigenvalue weighted by molar-refractivity contribution is 8.01. The van der Waals surface area contributed by atoms with Crippen LogP contribution in [0.5, 0.6) is 0 Å². The first-order valence-corrected chi connectivity index (χ1v) is 9.67. The Morgan fingerprint density at radius 3 is 2.76 bits per heavy atom. The molecule has 0 radical (unpaired) electrons. The minimum atomic E-state index is 0.117. The number of thioether (sulfide) groups is 1. The fourth-order valence-electron chi connectivity index (χ4n) is 2.38. The molecule has 5 nitrogen and oxygen atoms in total. The van der Waals surface area contributed by atoms with Crippen molar-refractivity contribution in [1.82, 2.24) is 10.2 Å². The van der Waals surface area contributed by atoms with E-state index in [9.17, 15) is 4.79 Å². The van der Waals surface area contributed by atoms with Crippen molar-refractivity contribution in [1.29, 1.82) is 0 Å². The highest BCUT2D eigenvalue weighted by atomic mass is 32.2. The van der Waals surface area contributed by atoms with Gasteiger partial charge in [-0.25, -0.2) is 0 Å². The molecular formula is C18H19N3O2S2. The number of aromatic nitrogens is 2. The zero-order valence-corrected chi connectivity index (χ0v) is 16.0. The van der Waals surface area contributed by atoms with Crippen LogP contribution >= 0.6 is 23.1 Å². The maximum atomic E-state index is 12.5. The summed E-state index contributed by atoms with van der Waals surface area (Å²) >= 11 is 2.86. The first-order valence-electron chi connectivity index (χ1n) is 7.86. The lowest BCUT2D eigenvalue weighted by atomic mass is 9.99. The molecule has 0 aliphatic carbocycles. The lowest BCUT2D eigenvalue weighted by molar-refractivity contribution is 0.102. The van der Waals surface area contributed by atoms with Gasteiger partial charge in [-0.15, -0.1) is 10.2 Å². The molecule has 3 aromatic rings. The zero-order chi connectivity index (χ0) is 17.8. The van der Waals surface area contributed by atoms with Crippen LogP contribution in [-0.4, -0.2) is 21.7 Å². The molecule has 3 rings (SSSR count). The van der Waals surface area contributed by atoms with Crippen LogP contribution in [0.15, 0.2) is 39.3 Å². The summed E-state index contributed by atoms with van der Waals surface area (Å²) < 4.78 is 6.04. The third-order valence-electron chi connectivity index (χ3n) is 3.87. The number of carbonyl (C=O) groups is 1. The number of aryl methyl sites for hydroxylation is 3. The number of nitrogens with zero attached hydrogens (tertiary/aromatic N) is 2. The van der Waals surface area contributed by atoms with Crippen LogP contribution in [0.2, 0.25) is 0 Å². The number of hydrogen-bond donors (Lipinski definition) is 1. The summed E-state index contributed by atoms with van der Waals surface area (Å²) in [5.74, 6) is 1.31. The van der Waals surface area contributed by atoms with E-state index in [0.717, 1.165) is 26.8 Å². The monoisotopic (exact) mass is 373 g/mol. The molecule has 0 saturated carbocycles. The topological polar surface area (TPSA) is 68.0 Å². The van der Waals surface area contributed by atoms with E-state index in [4.69, 9.17) is 4.42 Å². The number of anilines is 1. The first kappa shape index (κ1) is 17.7. The van der Waals surface area contributed by atoms with Crippen molar-refractivity contribution in [2.24, 2.45) is 0 Å². The van der Waals surface area contributed by atoms with Crippen LogP contribution in [0, 0.1) is 20.8 Å². The van der Waals surface area contributed by atoms with Crippen LogP contribution in [0.1, 0.15) is 32.8 Å². The Morgan fingerprint density at radius 1 is 1.20 bits per heavy atom. The normalized spacial score (nSPS) is 10.8. The molecule has 0 spiro atoms. The zero-order valence-electron chi connectivity index (χ0n) is 14.3. The maximum Gasteiger partial charge on any atom is 0.206 e. The second-order valence-electron chi connectivity index (χ2n) is 5.77. The van der Waals surface area contributed by atoms with E-state index in [1.807, 2.05) is 32.0 Å². The molecule has 25 heavy (non-hydrogen) atoms. The van der Waals surface area contributed by atoms with Crippen molar-refractivity contribution in [3.8, 4) is 0 Å². The van der Waals surface area contributed by atoms with Gasteiger partial charge in [0.15, 0.2) is 10.1 Å². The summed E-state index contributed by atoms with van der Waals surface area (Å²) in [7, 11) is 0. The van der Waals surface area contributed by atoms with Crippen molar-refractivity contribution in [2.75, 3.05) is 11.1 Å². The van der Waals surface area contributed by atoms with Crippen molar-refractivity contribution in [3.63, 3.8) is 0 Å². The fraction of sp³-hybridized carbons (Fsp3) is 0.278. The molecule has 1 N–H and O–H groups in total. The third kappa shape index (κ3) is 4.49. The Kier molecular flexibility index (Phi) is 5.55. The second kappa shape index (κ2) is 7.84. The van der Waals surface area contributed by atoms with Gasteiger partial charge in [0.2, 0.25) is 5.13 Å². The van der Waals surface area contributed by atoms with Crippen LogP contribution in [0.4, 0.5) is 5.13 Å². The summed E-state index contributed by atoms with van der Waals surface area (Å²) in [6.07, 6.45) is 1.64. The van der Waals surface area contributed by atoms with Crippen molar-refractivity contribution in [3.05, 3.63) is 58.5 Å². The van der Waals surface area contributed by atoms with Gasteiger partial charge in [0.25, 0.3) is 0 Å². The van der Waals surface area contributed by atoms with Gasteiger partial charge in [-0.2, -0.15) is 0 Å². The van der Waals surface area contributed by atoms with E-state index in [1.54, 1.807) is 6.26 Å². The molecule has 0 aliphatic heterocycles. The molecule has 2 heterocycles. The summed E-state index contributed by atoms with van der Waals surface area (Å²) in [5, 5.41) is 12.1. The second-order valence-corrected chi connectivity index (χ2v) is 7.97. The molecule has 0 unspecified atom stereocenters. The Morgan fingerprint density at radius 2 is 2.00 bits per heavy atom. The Bertz CT molecular complexity index is 873. The summed E-state index contributed by atoms with van der Waals surface area (Å²) in [4.78, 5) is 12.5. The molecule has 2 aromatic heterocycles. The minimum Gasteiger partial charge on any atom is -0.467 e. The van der Waals surface area contributed by atoms with Crippen molar-refractivity contribution < 1.29 is 9.21 Å². The molecular weight excluding hydrogens is 354 g/mol. The molecule has 0 saturated heterocycles. The Labute approximate surface area is 154 Å². The Hall–Kier alpha value is -2.12. The molecule has 0 amide bonds. The van der Waals surface area contributed by atoms with E-state index in [1.165, 1.54) is 28.7 Å². The molecule has 0 bridgehead atoms. The SMILES string of the molecule is Cc1cc(C)c(C(=O)CSc2nnc(NCc3ccco3)s2)cc1C. The van der Waals surface area contributed by atoms with Gasteiger partial charge < -0.3 is 9.73 Å². The Balaban J connectivity index is 1.56. The van der Waals surface area contributed by atoms with Gasteiger partial charge in [0.1, 0.15) is 5.76 Å². The predicted octanol–water partition coefficient (Wildman–Crippen LogP) is 4.64. The van der Waals surface area contributed by atoms with Crippen LogP contribution in [-0.2, 0) is 6.54 Å². The van der Waals surface area contributed by atoms with Gasteiger partial charge in [-0.05, 0) is 55.7 Å².